The van der Waals surface area contributed by atoms with Gasteiger partial charge in [0.1, 0.15) is 5.75 Å². The van der Waals surface area contributed by atoms with Crippen molar-refractivity contribution in [2.45, 2.75) is 0 Å². The van der Waals surface area contributed by atoms with Crippen LogP contribution in [0.5, 0.6) is 5.75 Å². The highest BCUT2D eigenvalue weighted by atomic mass is 16.5. The zero-order valence-electron chi connectivity index (χ0n) is 14.4. The van der Waals surface area contributed by atoms with Crippen LogP contribution < -0.4 is 9.64 Å². The van der Waals surface area contributed by atoms with E-state index >= 15 is 0 Å². The van der Waals surface area contributed by atoms with Crippen molar-refractivity contribution >= 4 is 29.0 Å². The Morgan fingerprint density at radius 1 is 0.889 bits per heavy atom. The Labute approximate surface area is 154 Å². The van der Waals surface area contributed by atoms with Crippen LogP contribution in [0.1, 0.15) is 20.7 Å². The lowest BCUT2D eigenvalue weighted by Crippen LogP contribution is -2.29. The third-order valence-electron chi connectivity index (χ3n) is 4.12. The molecule has 4 rings (SSSR count). The fourth-order valence-corrected chi connectivity index (χ4v) is 2.84. The van der Waals surface area contributed by atoms with E-state index in [2.05, 4.69) is 15.2 Å². The number of fused-ring (bicyclic) bond motifs is 1. The van der Waals surface area contributed by atoms with Gasteiger partial charge in [-0.1, -0.05) is 18.2 Å². The zero-order chi connectivity index (χ0) is 18.8. The molecular formula is C20H14N4O3. The number of anilines is 1. The van der Waals surface area contributed by atoms with Gasteiger partial charge in [0, 0.05) is 12.3 Å². The summed E-state index contributed by atoms with van der Waals surface area (Å²) in [4.78, 5) is 30.5. The molecule has 1 aliphatic heterocycles. The summed E-state index contributed by atoms with van der Waals surface area (Å²) in [6, 6.07) is 17.0. The molecule has 1 aromatic heterocycles. The average molecular weight is 358 g/mol. The van der Waals surface area contributed by atoms with Crippen LogP contribution in [0, 0.1) is 0 Å². The fourth-order valence-electron chi connectivity index (χ4n) is 2.84. The summed E-state index contributed by atoms with van der Waals surface area (Å²) in [5, 5.41) is 8.18. The van der Waals surface area contributed by atoms with E-state index in [1.165, 1.54) is 7.11 Å². The van der Waals surface area contributed by atoms with E-state index in [1.54, 1.807) is 60.8 Å². The normalized spacial score (nSPS) is 13.3. The Morgan fingerprint density at radius 2 is 1.59 bits per heavy atom. The highest BCUT2D eigenvalue weighted by Crippen LogP contribution is 2.37. The molecule has 0 fully saturated rings. The van der Waals surface area contributed by atoms with Crippen LogP contribution in [0.15, 0.2) is 77.1 Å². The molecule has 0 bridgehead atoms. The van der Waals surface area contributed by atoms with Gasteiger partial charge in [0.2, 0.25) is 0 Å². The van der Waals surface area contributed by atoms with Gasteiger partial charge in [-0.05, 0) is 36.4 Å². The van der Waals surface area contributed by atoms with Gasteiger partial charge in [0.25, 0.3) is 11.8 Å². The SMILES string of the molecule is COc1cc(/N=N\c2ccccn2)ccc1N1C(=O)c2ccccc2C1=O. The highest BCUT2D eigenvalue weighted by Gasteiger charge is 2.37. The van der Waals surface area contributed by atoms with E-state index in [0.717, 1.165) is 4.90 Å². The van der Waals surface area contributed by atoms with Crippen LogP contribution in [-0.4, -0.2) is 23.9 Å². The number of hydrogen-bond donors (Lipinski definition) is 0. The summed E-state index contributed by atoms with van der Waals surface area (Å²) in [5.74, 6) is 0.0661. The number of ether oxygens (including phenoxy) is 1. The van der Waals surface area contributed by atoms with Crippen molar-refractivity contribution in [3.63, 3.8) is 0 Å². The van der Waals surface area contributed by atoms with Gasteiger partial charge in [-0.25, -0.2) is 9.88 Å². The molecule has 7 heteroatoms. The molecule has 0 radical (unpaired) electrons. The monoisotopic (exact) mass is 358 g/mol. The molecule has 0 saturated carbocycles. The molecule has 27 heavy (non-hydrogen) atoms. The zero-order valence-corrected chi connectivity index (χ0v) is 14.4. The fraction of sp³-hybridized carbons (Fsp3) is 0.0500. The number of hydrogen-bond acceptors (Lipinski definition) is 6. The van der Waals surface area contributed by atoms with E-state index in [0.29, 0.717) is 34.1 Å². The summed E-state index contributed by atoms with van der Waals surface area (Å²) in [5.41, 5.74) is 1.63. The van der Waals surface area contributed by atoms with E-state index in [9.17, 15) is 9.59 Å². The summed E-state index contributed by atoms with van der Waals surface area (Å²) < 4.78 is 5.38. The first-order chi connectivity index (χ1) is 13.2. The van der Waals surface area contributed by atoms with Crippen molar-refractivity contribution in [3.8, 4) is 5.75 Å². The van der Waals surface area contributed by atoms with Crippen LogP contribution in [0.3, 0.4) is 0 Å². The molecule has 0 unspecified atom stereocenters. The van der Waals surface area contributed by atoms with E-state index in [4.69, 9.17) is 4.74 Å². The van der Waals surface area contributed by atoms with Crippen LogP contribution in [0.25, 0.3) is 0 Å². The molecule has 1 aliphatic rings. The standard InChI is InChI=1S/C20H14N4O3/c1-27-17-12-13(22-23-18-8-4-5-11-21-18)9-10-16(17)24-19(25)14-6-2-3-7-15(14)20(24)26/h2-12H,1H3/b23-22-. The number of amides is 2. The molecule has 2 amide bonds. The van der Waals surface area contributed by atoms with Crippen molar-refractivity contribution < 1.29 is 14.3 Å². The topological polar surface area (TPSA) is 84.2 Å². The number of aromatic nitrogens is 1. The number of rotatable bonds is 4. The first-order valence-electron chi connectivity index (χ1n) is 8.17. The third kappa shape index (κ3) is 2.95. The molecule has 7 nitrogen and oxygen atoms in total. The Balaban J connectivity index is 1.68. The maximum absolute atomic E-state index is 12.7. The van der Waals surface area contributed by atoms with Gasteiger partial charge >= 0.3 is 0 Å². The van der Waals surface area contributed by atoms with Gasteiger partial charge < -0.3 is 4.74 Å². The molecule has 0 saturated heterocycles. The number of pyridine rings is 1. The molecule has 132 valence electrons. The minimum absolute atomic E-state index is 0.349. The molecule has 3 aromatic rings. The summed E-state index contributed by atoms with van der Waals surface area (Å²) in [6.07, 6.45) is 1.63. The summed E-state index contributed by atoms with van der Waals surface area (Å²) in [6.45, 7) is 0. The molecule has 2 heterocycles. The molecule has 0 spiro atoms. The molecule has 0 atom stereocenters. The number of carbonyl (C=O) groups excluding carboxylic acids is 2. The molecular weight excluding hydrogens is 344 g/mol. The Morgan fingerprint density at radius 3 is 2.22 bits per heavy atom. The van der Waals surface area contributed by atoms with Crippen molar-refractivity contribution in [2.75, 3.05) is 12.0 Å². The van der Waals surface area contributed by atoms with E-state index in [1.807, 2.05) is 6.07 Å². The second-order valence-corrected chi connectivity index (χ2v) is 5.74. The average Bonchev–Trinajstić information content (AvgIpc) is 2.98. The first kappa shape index (κ1) is 16.6. The lowest BCUT2D eigenvalue weighted by molar-refractivity contribution is 0.0925. The number of nitrogens with zero attached hydrogens (tertiary/aromatic N) is 4. The number of methoxy groups -OCH3 is 1. The maximum atomic E-state index is 12.7. The Hall–Kier alpha value is -3.87. The number of benzene rings is 2. The molecule has 0 N–H and O–H groups in total. The van der Waals surface area contributed by atoms with Crippen molar-refractivity contribution in [3.05, 3.63) is 78.0 Å². The third-order valence-corrected chi connectivity index (χ3v) is 4.12. The Kier molecular flexibility index (Phi) is 4.18. The van der Waals surface area contributed by atoms with Gasteiger partial charge in [-0.15, -0.1) is 10.2 Å². The van der Waals surface area contributed by atoms with Crippen LogP contribution in [-0.2, 0) is 0 Å². The second kappa shape index (κ2) is 6.80. The predicted octanol–water partition coefficient (Wildman–Crippen LogP) is 4.31. The molecule has 2 aromatic carbocycles. The minimum atomic E-state index is -0.378. The second-order valence-electron chi connectivity index (χ2n) is 5.74. The minimum Gasteiger partial charge on any atom is -0.494 e. The lowest BCUT2D eigenvalue weighted by Gasteiger charge is -2.17. The smallest absolute Gasteiger partial charge is 0.266 e. The van der Waals surface area contributed by atoms with Gasteiger partial charge in [0.05, 0.1) is 29.6 Å². The van der Waals surface area contributed by atoms with Crippen LogP contribution in [0.2, 0.25) is 0 Å². The van der Waals surface area contributed by atoms with Crippen molar-refractivity contribution in [1.82, 2.24) is 4.98 Å². The van der Waals surface area contributed by atoms with Gasteiger partial charge in [0.15, 0.2) is 5.82 Å². The lowest BCUT2D eigenvalue weighted by atomic mass is 10.1. The first-order valence-corrected chi connectivity index (χ1v) is 8.17. The number of imide groups is 1. The van der Waals surface area contributed by atoms with Crippen molar-refractivity contribution in [2.24, 2.45) is 10.2 Å². The van der Waals surface area contributed by atoms with Crippen LogP contribution >= 0.6 is 0 Å². The quantitative estimate of drug-likeness (QED) is 0.514. The Bertz CT molecular complexity index is 1030. The van der Waals surface area contributed by atoms with E-state index in [-0.39, 0.29) is 11.8 Å². The predicted molar refractivity (Wildman–Crippen MR) is 99.0 cm³/mol. The van der Waals surface area contributed by atoms with E-state index < -0.39 is 0 Å². The maximum Gasteiger partial charge on any atom is 0.266 e. The van der Waals surface area contributed by atoms with Gasteiger partial charge in [-0.2, -0.15) is 0 Å². The summed E-state index contributed by atoms with van der Waals surface area (Å²) >= 11 is 0. The molecule has 0 aliphatic carbocycles. The summed E-state index contributed by atoms with van der Waals surface area (Å²) in [7, 11) is 1.47. The number of carbonyl (C=O) groups is 2. The largest absolute Gasteiger partial charge is 0.494 e. The van der Waals surface area contributed by atoms with Crippen LogP contribution in [0.4, 0.5) is 17.2 Å². The van der Waals surface area contributed by atoms with Crippen molar-refractivity contribution in [1.29, 1.82) is 0 Å². The van der Waals surface area contributed by atoms with Gasteiger partial charge in [-0.3, -0.25) is 9.59 Å². The number of azo groups is 1. The highest BCUT2D eigenvalue weighted by molar-refractivity contribution is 6.34.